The van der Waals surface area contributed by atoms with E-state index in [4.69, 9.17) is 0 Å². The van der Waals surface area contributed by atoms with Crippen LogP contribution in [0.2, 0.25) is 0 Å². The molecule has 0 spiro atoms. The quantitative estimate of drug-likeness (QED) is 0.0564. The number of hydrogen-bond acceptors (Lipinski definition) is 1. The van der Waals surface area contributed by atoms with E-state index in [9.17, 15) is 0 Å². The van der Waals surface area contributed by atoms with Crippen LogP contribution in [0.1, 0.15) is 311 Å². The Labute approximate surface area is 333 Å². The molecule has 0 amide bonds. The highest BCUT2D eigenvalue weighted by molar-refractivity contribution is 4.81. The van der Waals surface area contributed by atoms with Crippen LogP contribution in [0.25, 0.3) is 0 Å². The molecule has 0 bridgehead atoms. The molecular formula is C51H105N. The molecule has 0 aromatic rings. The van der Waals surface area contributed by atoms with Gasteiger partial charge in [0.05, 0.1) is 0 Å². The second-order valence-electron chi connectivity index (χ2n) is 18.3. The molecule has 0 saturated heterocycles. The smallest absolute Gasteiger partial charge is 0.0153 e. The highest BCUT2D eigenvalue weighted by Crippen LogP contribution is 2.25. The maximum absolute atomic E-state index is 2.94. The van der Waals surface area contributed by atoms with Crippen LogP contribution in [0.3, 0.4) is 0 Å². The molecule has 0 aliphatic heterocycles. The van der Waals surface area contributed by atoms with Gasteiger partial charge in [-0.05, 0) is 46.2 Å². The van der Waals surface area contributed by atoms with Crippen molar-refractivity contribution in [3.05, 3.63) is 0 Å². The molecule has 0 aromatic heterocycles. The summed E-state index contributed by atoms with van der Waals surface area (Å²) in [5.74, 6) is 0. The van der Waals surface area contributed by atoms with E-state index in [1.165, 1.54) is 289 Å². The molecule has 0 N–H and O–H groups in total. The van der Waals surface area contributed by atoms with Gasteiger partial charge in [-0.1, -0.05) is 278 Å². The molecule has 0 aliphatic rings. The molecule has 0 aliphatic carbocycles. The molecule has 52 heavy (non-hydrogen) atoms. The first-order chi connectivity index (χ1) is 25.6. The normalized spacial score (nSPS) is 12.1. The maximum Gasteiger partial charge on any atom is 0.0153 e. The number of unbranched alkanes of at least 4 members (excludes halogenated alkanes) is 39. The minimum Gasteiger partial charge on any atom is -0.298 e. The third-order valence-corrected chi connectivity index (χ3v) is 12.6. The lowest BCUT2D eigenvalue weighted by atomic mass is 9.92. The van der Waals surface area contributed by atoms with E-state index in [0.717, 1.165) is 0 Å². The van der Waals surface area contributed by atoms with Gasteiger partial charge in [0.25, 0.3) is 0 Å². The first-order valence-corrected chi connectivity index (χ1v) is 25.3. The zero-order valence-electron chi connectivity index (χ0n) is 37.8. The second kappa shape index (κ2) is 43.7. The lowest BCUT2D eigenvalue weighted by molar-refractivity contribution is 0.102. The fourth-order valence-electron chi connectivity index (χ4n) is 8.62. The number of rotatable bonds is 46. The van der Waals surface area contributed by atoms with Gasteiger partial charge in [-0.15, -0.1) is 0 Å². The molecule has 0 saturated carbocycles. The van der Waals surface area contributed by atoms with E-state index in [2.05, 4.69) is 39.5 Å². The van der Waals surface area contributed by atoms with Crippen molar-refractivity contribution in [3.8, 4) is 0 Å². The van der Waals surface area contributed by atoms with Gasteiger partial charge >= 0.3 is 0 Å². The van der Waals surface area contributed by atoms with Crippen LogP contribution in [-0.4, -0.2) is 23.5 Å². The van der Waals surface area contributed by atoms with Gasteiger partial charge in [0.1, 0.15) is 0 Å². The third kappa shape index (κ3) is 39.6. The van der Waals surface area contributed by atoms with E-state index in [1.807, 2.05) is 0 Å². The molecule has 0 fully saturated rings. The zero-order chi connectivity index (χ0) is 37.9. The second-order valence-corrected chi connectivity index (χ2v) is 18.3. The fourth-order valence-corrected chi connectivity index (χ4v) is 8.62. The van der Waals surface area contributed by atoms with Crippen molar-refractivity contribution in [1.82, 2.24) is 4.90 Å². The molecule has 0 rings (SSSR count). The predicted molar refractivity (Wildman–Crippen MR) is 241 cm³/mol. The molecule has 0 radical (unpaired) electrons. The Bertz CT molecular complexity index is 589. The summed E-state index contributed by atoms with van der Waals surface area (Å²) in [4.78, 5) is 2.94. The first-order valence-electron chi connectivity index (χ1n) is 25.3. The Morgan fingerprint density at radius 2 is 0.404 bits per heavy atom. The monoisotopic (exact) mass is 732 g/mol. The van der Waals surface area contributed by atoms with Crippen LogP contribution >= 0.6 is 0 Å². The number of hydrogen-bond donors (Lipinski definition) is 0. The fraction of sp³-hybridized carbons (Fsp3) is 1.00. The van der Waals surface area contributed by atoms with Gasteiger partial charge in [-0.3, -0.25) is 4.90 Å². The van der Waals surface area contributed by atoms with E-state index < -0.39 is 0 Å². The summed E-state index contributed by atoms with van der Waals surface area (Å²) < 4.78 is 0. The molecule has 0 unspecified atom stereocenters. The minimum atomic E-state index is 0.366. The molecule has 1 heteroatoms. The highest BCUT2D eigenvalue weighted by Gasteiger charge is 2.25. The van der Waals surface area contributed by atoms with Gasteiger partial charge in [0.2, 0.25) is 0 Å². The maximum atomic E-state index is 2.94. The Hall–Kier alpha value is -0.0400. The van der Waals surface area contributed by atoms with E-state index >= 15 is 0 Å². The van der Waals surface area contributed by atoms with Crippen molar-refractivity contribution in [2.24, 2.45) is 0 Å². The van der Waals surface area contributed by atoms with Crippen molar-refractivity contribution >= 4 is 0 Å². The lowest BCUT2D eigenvalue weighted by Gasteiger charge is -2.39. The number of nitrogens with zero attached hydrogens (tertiary/aromatic N) is 1. The van der Waals surface area contributed by atoms with Crippen molar-refractivity contribution in [1.29, 1.82) is 0 Å². The minimum absolute atomic E-state index is 0.366. The van der Waals surface area contributed by atoms with Crippen LogP contribution < -0.4 is 0 Å². The van der Waals surface area contributed by atoms with Gasteiger partial charge in [0, 0.05) is 5.54 Å². The summed E-state index contributed by atoms with van der Waals surface area (Å²) in [5, 5.41) is 0. The van der Waals surface area contributed by atoms with Crippen molar-refractivity contribution < 1.29 is 0 Å². The van der Waals surface area contributed by atoms with E-state index in [1.54, 1.807) is 0 Å². The predicted octanol–water partition coefficient (Wildman–Crippen LogP) is 18.9. The standard InChI is InChI=1S/C51H105N/c1-6-9-12-15-18-21-24-26-28-30-32-34-37-40-43-46-49-52(51(4,5)48-45-42-39-36-23-20-17-14-11-8-3)50-47-44-41-38-35-33-31-29-27-25-22-19-16-13-10-7-2/h6-50H2,1-5H3. The first kappa shape index (κ1) is 52.0. The van der Waals surface area contributed by atoms with Crippen LogP contribution in [0.4, 0.5) is 0 Å². The molecule has 1 nitrogen and oxygen atoms in total. The van der Waals surface area contributed by atoms with Crippen molar-refractivity contribution in [2.75, 3.05) is 13.1 Å². The average Bonchev–Trinajstić information content (AvgIpc) is 3.14. The average molecular weight is 732 g/mol. The summed E-state index contributed by atoms with van der Waals surface area (Å²) in [6, 6.07) is 0. The van der Waals surface area contributed by atoms with Gasteiger partial charge in [-0.25, -0.2) is 0 Å². The summed E-state index contributed by atoms with van der Waals surface area (Å²) in [7, 11) is 0. The molecule has 0 aromatic carbocycles. The van der Waals surface area contributed by atoms with Crippen LogP contribution in [0.15, 0.2) is 0 Å². The Balaban J connectivity index is 4.16. The Kier molecular flexibility index (Phi) is 43.7. The van der Waals surface area contributed by atoms with Gasteiger partial charge in [0.15, 0.2) is 0 Å². The third-order valence-electron chi connectivity index (χ3n) is 12.6. The lowest BCUT2D eigenvalue weighted by Crippen LogP contribution is -2.45. The van der Waals surface area contributed by atoms with Crippen molar-refractivity contribution in [3.63, 3.8) is 0 Å². The summed E-state index contributed by atoms with van der Waals surface area (Å²) in [6.07, 6.45) is 62.6. The van der Waals surface area contributed by atoms with Crippen LogP contribution in [0, 0.1) is 0 Å². The molecule has 0 heterocycles. The van der Waals surface area contributed by atoms with Crippen LogP contribution in [-0.2, 0) is 0 Å². The topological polar surface area (TPSA) is 3.24 Å². The van der Waals surface area contributed by atoms with Gasteiger partial charge in [-0.2, -0.15) is 0 Å². The van der Waals surface area contributed by atoms with E-state index in [-0.39, 0.29) is 0 Å². The van der Waals surface area contributed by atoms with E-state index in [0.29, 0.717) is 5.54 Å². The Morgan fingerprint density at radius 3 is 0.615 bits per heavy atom. The molecule has 314 valence electrons. The van der Waals surface area contributed by atoms with Crippen molar-refractivity contribution in [2.45, 2.75) is 316 Å². The zero-order valence-corrected chi connectivity index (χ0v) is 37.8. The SMILES string of the molecule is CCCCCCCCCCCCCCCCCCN(CCCCCCCCCCCCCCCCCC)C(C)(C)CCCCCCCCCCCC. The summed E-state index contributed by atoms with van der Waals surface area (Å²) in [5.41, 5.74) is 0.366. The summed E-state index contributed by atoms with van der Waals surface area (Å²) >= 11 is 0. The highest BCUT2D eigenvalue weighted by atomic mass is 15.2. The summed E-state index contributed by atoms with van der Waals surface area (Å²) in [6.45, 7) is 14.8. The Morgan fingerprint density at radius 1 is 0.231 bits per heavy atom. The molecular weight excluding hydrogens is 627 g/mol. The van der Waals surface area contributed by atoms with Crippen LogP contribution in [0.5, 0.6) is 0 Å². The molecule has 0 atom stereocenters. The largest absolute Gasteiger partial charge is 0.298 e. The van der Waals surface area contributed by atoms with Gasteiger partial charge < -0.3 is 0 Å².